The first-order valence-corrected chi connectivity index (χ1v) is 9.37. The Hall–Kier alpha value is -2.38. The highest BCUT2D eigenvalue weighted by molar-refractivity contribution is 5.81. The molecule has 1 saturated heterocycles. The summed E-state index contributed by atoms with van der Waals surface area (Å²) in [5.41, 5.74) is 8.89. The van der Waals surface area contributed by atoms with Crippen LogP contribution in [0, 0.1) is 17.7 Å². The molecule has 1 aromatic heterocycles. The fourth-order valence-electron chi connectivity index (χ4n) is 3.79. The Morgan fingerprint density at radius 1 is 1.37 bits per heavy atom. The van der Waals surface area contributed by atoms with E-state index in [1.807, 2.05) is 17.2 Å². The van der Waals surface area contributed by atoms with Gasteiger partial charge in [-0.15, -0.1) is 0 Å². The van der Waals surface area contributed by atoms with Crippen molar-refractivity contribution in [1.29, 1.82) is 0 Å². The number of carbonyl (C=O) groups is 1. The number of hydrogen-bond acceptors (Lipinski definition) is 5. The summed E-state index contributed by atoms with van der Waals surface area (Å²) < 4.78 is 13.6. The lowest BCUT2D eigenvalue weighted by molar-refractivity contribution is -0.136. The van der Waals surface area contributed by atoms with Gasteiger partial charge in [-0.25, -0.2) is 19.8 Å². The molecule has 0 bridgehead atoms. The Morgan fingerprint density at radius 2 is 2.22 bits per heavy atom. The fourth-order valence-corrected chi connectivity index (χ4v) is 3.79. The molecule has 1 amide bonds. The van der Waals surface area contributed by atoms with Crippen LogP contribution < -0.4 is 10.9 Å². The topological polar surface area (TPSA) is 70.2 Å². The normalized spacial score (nSPS) is 21.7. The summed E-state index contributed by atoms with van der Waals surface area (Å²) in [5, 5.41) is 0. The molecule has 1 fully saturated rings. The summed E-state index contributed by atoms with van der Waals surface area (Å²) in [6.07, 6.45) is 2.68. The van der Waals surface area contributed by atoms with Gasteiger partial charge in [0.1, 0.15) is 11.6 Å². The van der Waals surface area contributed by atoms with E-state index in [4.69, 9.17) is 0 Å². The number of benzene rings is 1. The van der Waals surface area contributed by atoms with Crippen LogP contribution in [0.5, 0.6) is 0 Å². The molecule has 0 saturated carbocycles. The van der Waals surface area contributed by atoms with E-state index in [0.29, 0.717) is 25.6 Å². The minimum atomic E-state index is -0.297. The van der Waals surface area contributed by atoms with Crippen molar-refractivity contribution in [2.45, 2.75) is 39.4 Å². The van der Waals surface area contributed by atoms with E-state index < -0.39 is 0 Å². The standard InChI is InChI=1S/C20H24FN5O/c1-12(2)6-18-22-8-14-10-26(11-17(14)24-18)20(27)16-9-23-25-19(16)13-4-3-5-15(21)7-13/h3-5,7-8,12,16,19,23,25H,6,9-11H2,1-2H3. The molecule has 0 aliphatic carbocycles. The third-order valence-electron chi connectivity index (χ3n) is 5.12. The van der Waals surface area contributed by atoms with Crippen molar-refractivity contribution in [2.24, 2.45) is 11.8 Å². The van der Waals surface area contributed by atoms with Crippen LogP contribution in [0.3, 0.4) is 0 Å². The van der Waals surface area contributed by atoms with Crippen molar-refractivity contribution in [3.63, 3.8) is 0 Å². The molecule has 0 spiro atoms. The molecule has 27 heavy (non-hydrogen) atoms. The predicted molar refractivity (Wildman–Crippen MR) is 98.6 cm³/mol. The number of amides is 1. The Kier molecular flexibility index (Phi) is 4.88. The summed E-state index contributed by atoms with van der Waals surface area (Å²) in [5.74, 6) is 0.785. The number of aromatic nitrogens is 2. The Labute approximate surface area is 158 Å². The van der Waals surface area contributed by atoms with E-state index in [1.54, 1.807) is 6.07 Å². The van der Waals surface area contributed by atoms with Crippen LogP contribution in [0.1, 0.15) is 42.5 Å². The van der Waals surface area contributed by atoms with Gasteiger partial charge in [-0.2, -0.15) is 0 Å². The predicted octanol–water partition coefficient (Wildman–Crippen LogP) is 2.12. The number of halogens is 1. The average Bonchev–Trinajstić information content (AvgIpc) is 3.27. The molecule has 2 N–H and O–H groups in total. The molecule has 142 valence electrons. The number of nitrogens with zero attached hydrogens (tertiary/aromatic N) is 3. The van der Waals surface area contributed by atoms with E-state index >= 15 is 0 Å². The first-order chi connectivity index (χ1) is 13.0. The monoisotopic (exact) mass is 369 g/mol. The molecule has 3 heterocycles. The summed E-state index contributed by atoms with van der Waals surface area (Å²) in [6, 6.07) is 6.15. The van der Waals surface area contributed by atoms with E-state index in [9.17, 15) is 9.18 Å². The van der Waals surface area contributed by atoms with Crippen LogP contribution in [0.4, 0.5) is 4.39 Å². The van der Waals surface area contributed by atoms with Gasteiger partial charge in [-0.3, -0.25) is 10.2 Å². The molecule has 4 rings (SSSR count). The third kappa shape index (κ3) is 3.70. The van der Waals surface area contributed by atoms with Gasteiger partial charge in [-0.05, 0) is 23.6 Å². The Balaban J connectivity index is 1.49. The zero-order valence-corrected chi connectivity index (χ0v) is 15.6. The van der Waals surface area contributed by atoms with Gasteiger partial charge in [0.2, 0.25) is 5.91 Å². The van der Waals surface area contributed by atoms with Crippen molar-refractivity contribution in [1.82, 2.24) is 25.7 Å². The van der Waals surface area contributed by atoms with Crippen LogP contribution in [0.15, 0.2) is 30.5 Å². The largest absolute Gasteiger partial charge is 0.332 e. The van der Waals surface area contributed by atoms with Crippen LogP contribution >= 0.6 is 0 Å². The number of hydrogen-bond donors (Lipinski definition) is 2. The van der Waals surface area contributed by atoms with Crippen LogP contribution in [-0.4, -0.2) is 27.3 Å². The molecule has 7 heteroatoms. The first kappa shape index (κ1) is 18.0. The lowest BCUT2D eigenvalue weighted by Gasteiger charge is -2.23. The van der Waals surface area contributed by atoms with Gasteiger partial charge < -0.3 is 4.90 Å². The maximum atomic E-state index is 13.6. The highest BCUT2D eigenvalue weighted by Crippen LogP contribution is 2.30. The smallest absolute Gasteiger partial charge is 0.229 e. The van der Waals surface area contributed by atoms with Gasteiger partial charge in [0.05, 0.1) is 24.2 Å². The van der Waals surface area contributed by atoms with Gasteiger partial charge in [0.15, 0.2) is 0 Å². The minimum Gasteiger partial charge on any atom is -0.332 e. The quantitative estimate of drug-likeness (QED) is 0.864. The van der Waals surface area contributed by atoms with Gasteiger partial charge in [0, 0.05) is 31.3 Å². The molecule has 2 unspecified atom stereocenters. The lowest BCUT2D eigenvalue weighted by atomic mass is 9.93. The third-order valence-corrected chi connectivity index (χ3v) is 5.12. The average molecular weight is 369 g/mol. The minimum absolute atomic E-state index is 0.0465. The molecule has 2 aliphatic rings. The molecule has 6 nitrogen and oxygen atoms in total. The summed E-state index contributed by atoms with van der Waals surface area (Å²) in [7, 11) is 0. The molecular weight excluding hydrogens is 345 g/mol. The SMILES string of the molecule is CC(C)Cc1ncc2c(n1)CN(C(=O)C1CNNC1c1cccc(F)c1)C2. The van der Waals surface area contributed by atoms with Crippen LogP contribution in [-0.2, 0) is 24.3 Å². The molecule has 2 aromatic rings. The molecule has 1 aromatic carbocycles. The molecular formula is C20H24FN5O. The van der Waals surface area contributed by atoms with Crippen LogP contribution in [0.25, 0.3) is 0 Å². The van der Waals surface area contributed by atoms with Crippen molar-refractivity contribution in [2.75, 3.05) is 6.54 Å². The summed E-state index contributed by atoms with van der Waals surface area (Å²) >= 11 is 0. The second-order valence-corrected chi connectivity index (χ2v) is 7.71. The number of fused-ring (bicyclic) bond motifs is 1. The summed E-state index contributed by atoms with van der Waals surface area (Å²) in [6.45, 7) is 5.83. The van der Waals surface area contributed by atoms with Crippen molar-refractivity contribution in [3.05, 3.63) is 58.9 Å². The maximum Gasteiger partial charge on any atom is 0.229 e. The van der Waals surface area contributed by atoms with Gasteiger partial charge in [-0.1, -0.05) is 26.0 Å². The van der Waals surface area contributed by atoms with Crippen molar-refractivity contribution in [3.8, 4) is 0 Å². The number of carbonyl (C=O) groups excluding carboxylic acids is 1. The van der Waals surface area contributed by atoms with Gasteiger partial charge in [0.25, 0.3) is 0 Å². The number of rotatable bonds is 4. The molecule has 2 atom stereocenters. The highest BCUT2D eigenvalue weighted by atomic mass is 19.1. The van der Waals surface area contributed by atoms with Crippen molar-refractivity contribution >= 4 is 5.91 Å². The fraction of sp³-hybridized carbons (Fsp3) is 0.450. The second-order valence-electron chi connectivity index (χ2n) is 7.71. The summed E-state index contributed by atoms with van der Waals surface area (Å²) in [4.78, 5) is 24.1. The zero-order chi connectivity index (χ0) is 19.0. The second kappa shape index (κ2) is 7.32. The van der Waals surface area contributed by atoms with E-state index in [0.717, 1.165) is 29.1 Å². The Morgan fingerprint density at radius 3 is 3.00 bits per heavy atom. The maximum absolute atomic E-state index is 13.6. The van der Waals surface area contributed by atoms with Crippen molar-refractivity contribution < 1.29 is 9.18 Å². The van der Waals surface area contributed by atoms with Crippen LogP contribution in [0.2, 0.25) is 0 Å². The molecule has 2 aliphatic heterocycles. The van der Waals surface area contributed by atoms with E-state index in [-0.39, 0.29) is 23.7 Å². The molecule has 0 radical (unpaired) electrons. The zero-order valence-electron chi connectivity index (χ0n) is 15.6. The van der Waals surface area contributed by atoms with E-state index in [1.165, 1.54) is 12.1 Å². The Bertz CT molecular complexity index is 856. The highest BCUT2D eigenvalue weighted by Gasteiger charge is 2.38. The number of nitrogens with one attached hydrogen (secondary N) is 2. The number of hydrazine groups is 1. The lowest BCUT2D eigenvalue weighted by Crippen LogP contribution is -2.36. The van der Waals surface area contributed by atoms with E-state index in [2.05, 4.69) is 34.7 Å². The van der Waals surface area contributed by atoms with Gasteiger partial charge >= 0.3 is 0 Å². The first-order valence-electron chi connectivity index (χ1n) is 9.37.